The molecule has 18 heavy (non-hydrogen) atoms. The Morgan fingerprint density at radius 2 is 2.22 bits per heavy atom. The van der Waals surface area contributed by atoms with Crippen molar-refractivity contribution in [2.45, 2.75) is 13.8 Å². The van der Waals surface area contributed by atoms with Crippen molar-refractivity contribution < 1.29 is 13.9 Å². The molecule has 0 aliphatic carbocycles. The van der Waals surface area contributed by atoms with Crippen LogP contribution in [0, 0.1) is 12.7 Å². The van der Waals surface area contributed by atoms with E-state index in [2.05, 4.69) is 11.9 Å². The fourth-order valence-corrected chi connectivity index (χ4v) is 1.37. The first-order chi connectivity index (χ1) is 8.50. The van der Waals surface area contributed by atoms with Crippen LogP contribution >= 0.6 is 0 Å². The Kier molecular flexibility index (Phi) is 5.52. The maximum Gasteiger partial charge on any atom is 0.251 e. The summed E-state index contributed by atoms with van der Waals surface area (Å²) in [6.07, 6.45) is 0. The van der Waals surface area contributed by atoms with Gasteiger partial charge in [0, 0.05) is 12.1 Å². The van der Waals surface area contributed by atoms with Crippen molar-refractivity contribution in [3.05, 3.63) is 47.3 Å². The molecule has 0 spiro atoms. The van der Waals surface area contributed by atoms with Crippen molar-refractivity contribution >= 4 is 5.91 Å². The summed E-state index contributed by atoms with van der Waals surface area (Å²) in [7, 11) is 0. The number of amides is 1. The smallest absolute Gasteiger partial charge is 0.251 e. The molecule has 98 valence electrons. The van der Waals surface area contributed by atoms with Crippen LogP contribution in [0.5, 0.6) is 0 Å². The summed E-state index contributed by atoms with van der Waals surface area (Å²) >= 11 is 0. The lowest BCUT2D eigenvalue weighted by molar-refractivity contribution is 0.0926. The molecule has 1 N–H and O–H groups in total. The lowest BCUT2D eigenvalue weighted by atomic mass is 10.1. The Bertz CT molecular complexity index is 443. The van der Waals surface area contributed by atoms with Crippen LogP contribution in [0.2, 0.25) is 0 Å². The zero-order valence-electron chi connectivity index (χ0n) is 10.8. The topological polar surface area (TPSA) is 38.3 Å². The van der Waals surface area contributed by atoms with Crippen LogP contribution in [0.25, 0.3) is 0 Å². The number of aryl methyl sites for hydroxylation is 1. The van der Waals surface area contributed by atoms with E-state index in [-0.39, 0.29) is 11.7 Å². The van der Waals surface area contributed by atoms with Gasteiger partial charge in [-0.1, -0.05) is 12.2 Å². The molecule has 1 rings (SSSR count). The minimum Gasteiger partial charge on any atom is -0.375 e. The molecular weight excluding hydrogens is 233 g/mol. The molecule has 4 heteroatoms. The fourth-order valence-electron chi connectivity index (χ4n) is 1.37. The molecule has 1 amide bonds. The van der Waals surface area contributed by atoms with Gasteiger partial charge in [0.2, 0.25) is 0 Å². The number of rotatable bonds is 6. The molecule has 0 heterocycles. The molecule has 0 saturated carbocycles. The number of hydrogen-bond donors (Lipinski definition) is 1. The van der Waals surface area contributed by atoms with Gasteiger partial charge in [-0.2, -0.15) is 0 Å². The first-order valence-corrected chi connectivity index (χ1v) is 5.77. The standard InChI is InChI=1S/C14H18FNO2/c1-10(2)9-18-7-6-16-14(17)12-4-5-13(15)11(3)8-12/h4-5,8H,1,6-7,9H2,2-3H3,(H,16,17). The van der Waals surface area contributed by atoms with Gasteiger partial charge < -0.3 is 10.1 Å². The summed E-state index contributed by atoms with van der Waals surface area (Å²) in [5, 5.41) is 2.70. The van der Waals surface area contributed by atoms with Crippen LogP contribution in [-0.4, -0.2) is 25.7 Å². The number of ether oxygens (including phenoxy) is 1. The molecule has 3 nitrogen and oxygen atoms in total. The van der Waals surface area contributed by atoms with Gasteiger partial charge in [-0.05, 0) is 37.6 Å². The van der Waals surface area contributed by atoms with Crippen molar-refractivity contribution in [1.82, 2.24) is 5.32 Å². The maximum absolute atomic E-state index is 13.0. The predicted molar refractivity (Wildman–Crippen MR) is 69.1 cm³/mol. The molecule has 0 aliphatic heterocycles. The van der Waals surface area contributed by atoms with Crippen LogP contribution in [0.15, 0.2) is 30.4 Å². The number of halogens is 1. The fraction of sp³-hybridized carbons (Fsp3) is 0.357. The minimum absolute atomic E-state index is 0.225. The molecule has 0 aliphatic rings. The predicted octanol–water partition coefficient (Wildman–Crippen LogP) is 2.46. The number of carbonyl (C=O) groups excluding carboxylic acids is 1. The summed E-state index contributed by atoms with van der Waals surface area (Å²) in [5.41, 5.74) is 1.85. The van der Waals surface area contributed by atoms with Crippen molar-refractivity contribution in [3.63, 3.8) is 0 Å². The quantitative estimate of drug-likeness (QED) is 0.623. The van der Waals surface area contributed by atoms with Crippen LogP contribution in [0.1, 0.15) is 22.8 Å². The summed E-state index contributed by atoms with van der Waals surface area (Å²) < 4.78 is 18.3. The number of hydrogen-bond acceptors (Lipinski definition) is 2. The van der Waals surface area contributed by atoms with Crippen LogP contribution in [0.4, 0.5) is 4.39 Å². The Morgan fingerprint density at radius 3 is 2.83 bits per heavy atom. The van der Waals surface area contributed by atoms with E-state index >= 15 is 0 Å². The molecule has 0 radical (unpaired) electrons. The van der Waals surface area contributed by atoms with Crippen molar-refractivity contribution in [1.29, 1.82) is 0 Å². The largest absolute Gasteiger partial charge is 0.375 e. The minimum atomic E-state index is -0.309. The lowest BCUT2D eigenvalue weighted by Gasteiger charge is -2.07. The SMILES string of the molecule is C=C(C)COCCNC(=O)c1ccc(F)c(C)c1. The van der Waals surface area contributed by atoms with E-state index in [4.69, 9.17) is 4.74 Å². The van der Waals surface area contributed by atoms with Gasteiger partial charge in [0.25, 0.3) is 5.91 Å². The average molecular weight is 251 g/mol. The summed E-state index contributed by atoms with van der Waals surface area (Å²) in [5.74, 6) is -0.534. The molecule has 0 fully saturated rings. The van der Waals surface area contributed by atoms with Gasteiger partial charge in [0.05, 0.1) is 13.2 Å². The molecule has 0 bridgehead atoms. The second-order valence-electron chi connectivity index (χ2n) is 4.23. The number of carbonyl (C=O) groups is 1. The second kappa shape index (κ2) is 6.91. The highest BCUT2D eigenvalue weighted by Gasteiger charge is 2.06. The van der Waals surface area contributed by atoms with Gasteiger partial charge in [-0.15, -0.1) is 0 Å². The normalized spacial score (nSPS) is 10.2. The third-order valence-electron chi connectivity index (χ3n) is 2.30. The summed E-state index contributed by atoms with van der Waals surface area (Å²) in [6, 6.07) is 4.29. The first-order valence-electron chi connectivity index (χ1n) is 5.77. The second-order valence-corrected chi connectivity index (χ2v) is 4.23. The first kappa shape index (κ1) is 14.4. The average Bonchev–Trinajstić information content (AvgIpc) is 2.31. The zero-order chi connectivity index (χ0) is 13.5. The summed E-state index contributed by atoms with van der Waals surface area (Å²) in [4.78, 5) is 11.7. The molecule has 0 aromatic heterocycles. The highest BCUT2D eigenvalue weighted by atomic mass is 19.1. The van der Waals surface area contributed by atoms with E-state index < -0.39 is 0 Å². The maximum atomic E-state index is 13.0. The van der Waals surface area contributed by atoms with E-state index in [1.54, 1.807) is 6.92 Å². The monoisotopic (exact) mass is 251 g/mol. The highest BCUT2D eigenvalue weighted by molar-refractivity contribution is 5.94. The van der Waals surface area contributed by atoms with Gasteiger partial charge in [-0.3, -0.25) is 4.79 Å². The summed E-state index contributed by atoms with van der Waals surface area (Å²) in [6.45, 7) is 8.55. The van der Waals surface area contributed by atoms with E-state index in [0.717, 1.165) is 5.57 Å². The molecule has 0 atom stereocenters. The van der Waals surface area contributed by atoms with Crippen LogP contribution in [0.3, 0.4) is 0 Å². The van der Waals surface area contributed by atoms with Gasteiger partial charge in [-0.25, -0.2) is 4.39 Å². The molecule has 1 aromatic rings. The van der Waals surface area contributed by atoms with Gasteiger partial charge in [0.15, 0.2) is 0 Å². The lowest BCUT2D eigenvalue weighted by Crippen LogP contribution is -2.27. The van der Waals surface area contributed by atoms with E-state index in [0.29, 0.717) is 30.9 Å². The number of nitrogens with one attached hydrogen (secondary N) is 1. The van der Waals surface area contributed by atoms with Gasteiger partial charge in [0.1, 0.15) is 5.82 Å². The number of benzene rings is 1. The van der Waals surface area contributed by atoms with E-state index in [9.17, 15) is 9.18 Å². The molecule has 0 unspecified atom stereocenters. The molecular formula is C14H18FNO2. The van der Waals surface area contributed by atoms with Crippen molar-refractivity contribution in [3.8, 4) is 0 Å². The van der Waals surface area contributed by atoms with Crippen LogP contribution in [-0.2, 0) is 4.74 Å². The van der Waals surface area contributed by atoms with E-state index in [1.807, 2.05) is 6.92 Å². The van der Waals surface area contributed by atoms with Gasteiger partial charge >= 0.3 is 0 Å². The van der Waals surface area contributed by atoms with Crippen molar-refractivity contribution in [2.75, 3.05) is 19.8 Å². The molecule has 1 aromatic carbocycles. The Labute approximate surface area is 107 Å². The Balaban J connectivity index is 2.36. The van der Waals surface area contributed by atoms with E-state index in [1.165, 1.54) is 18.2 Å². The molecule has 0 saturated heterocycles. The highest BCUT2D eigenvalue weighted by Crippen LogP contribution is 2.08. The van der Waals surface area contributed by atoms with Crippen LogP contribution < -0.4 is 5.32 Å². The van der Waals surface area contributed by atoms with Crippen molar-refractivity contribution in [2.24, 2.45) is 0 Å². The Morgan fingerprint density at radius 1 is 1.50 bits per heavy atom. The zero-order valence-corrected chi connectivity index (χ0v) is 10.8. The third-order valence-corrected chi connectivity index (χ3v) is 2.30. The Hall–Kier alpha value is -1.68. The third kappa shape index (κ3) is 4.67.